The third-order valence-electron chi connectivity index (χ3n) is 2.89. The maximum atomic E-state index is 13.5. The number of amides is 1. The molecule has 0 radical (unpaired) electrons. The number of benzene rings is 1. The first-order valence-electron chi connectivity index (χ1n) is 6.22. The lowest BCUT2D eigenvalue weighted by Crippen LogP contribution is -2.20. The quantitative estimate of drug-likeness (QED) is 0.191. The summed E-state index contributed by atoms with van der Waals surface area (Å²) in [5.41, 5.74) is 5.07. The Balaban J connectivity index is 2.32. The number of hydrogen-bond acceptors (Lipinski definition) is 4. The Labute approximate surface area is 156 Å². The van der Waals surface area contributed by atoms with Gasteiger partial charge in [0.05, 0.1) is 22.5 Å². The molecule has 0 saturated heterocycles. The average Bonchev–Trinajstić information content (AvgIpc) is 2.62. The highest BCUT2D eigenvalue weighted by molar-refractivity contribution is 6.46. The van der Waals surface area contributed by atoms with Gasteiger partial charge < -0.3 is 5.73 Å². The normalized spacial score (nSPS) is 11.2. The summed E-state index contributed by atoms with van der Waals surface area (Å²) in [5, 5.41) is 2.14. The van der Waals surface area contributed by atoms with E-state index in [0.717, 1.165) is 0 Å². The highest BCUT2D eigenvalue weighted by Crippen LogP contribution is 2.34. The number of anilines is 1. The summed E-state index contributed by atoms with van der Waals surface area (Å²) in [6.45, 7) is 0. The van der Waals surface area contributed by atoms with E-state index in [9.17, 15) is 26.7 Å². The van der Waals surface area contributed by atoms with E-state index in [2.05, 4.69) is 10.1 Å². The zero-order valence-corrected chi connectivity index (χ0v) is 14.2. The largest absolute Gasteiger partial charge is 0.396 e. The summed E-state index contributed by atoms with van der Waals surface area (Å²) in [5.74, 6) is -12.1. The van der Waals surface area contributed by atoms with Crippen LogP contribution < -0.4 is 11.2 Å². The molecule has 1 aromatic heterocycles. The first-order chi connectivity index (χ1) is 12.1. The number of nitrogens with one attached hydrogen (secondary N) is 1. The first kappa shape index (κ1) is 20.1. The fourth-order valence-corrected chi connectivity index (χ4v) is 2.22. The predicted molar refractivity (Wildman–Crippen MR) is 85.0 cm³/mol. The number of nitrogens with zero attached hydrogens (tertiary/aromatic N) is 2. The van der Waals surface area contributed by atoms with E-state index in [-0.39, 0.29) is 27.1 Å². The summed E-state index contributed by atoms with van der Waals surface area (Å²) in [7, 11) is 0. The van der Waals surface area contributed by atoms with E-state index in [1.54, 1.807) is 5.43 Å². The monoisotopic (exact) mass is 432 g/mol. The number of nitrogens with two attached hydrogens (primary N) is 1. The number of hydrazone groups is 1. The van der Waals surface area contributed by atoms with E-state index in [0.29, 0.717) is 0 Å². The van der Waals surface area contributed by atoms with Gasteiger partial charge in [0.25, 0.3) is 5.91 Å². The zero-order chi connectivity index (χ0) is 19.8. The molecule has 13 heteroatoms. The lowest BCUT2D eigenvalue weighted by molar-refractivity contribution is 0.0950. The van der Waals surface area contributed by atoms with E-state index >= 15 is 0 Å². The van der Waals surface area contributed by atoms with Gasteiger partial charge >= 0.3 is 0 Å². The van der Waals surface area contributed by atoms with Gasteiger partial charge in [-0.1, -0.05) is 34.8 Å². The third-order valence-corrected chi connectivity index (χ3v) is 4.03. The summed E-state index contributed by atoms with van der Waals surface area (Å²) in [6, 6.07) is 0. The van der Waals surface area contributed by atoms with Gasteiger partial charge in [0.1, 0.15) is 5.02 Å². The highest BCUT2D eigenvalue weighted by Gasteiger charge is 2.25. The molecule has 0 spiro atoms. The fraction of sp³-hybridized carbons (Fsp3) is 0. The van der Waals surface area contributed by atoms with E-state index in [1.165, 1.54) is 0 Å². The summed E-state index contributed by atoms with van der Waals surface area (Å²) < 4.78 is 65.9. The van der Waals surface area contributed by atoms with Gasteiger partial charge in [-0.2, -0.15) is 5.10 Å². The second kappa shape index (κ2) is 7.60. The van der Waals surface area contributed by atoms with Crippen molar-refractivity contribution in [3.8, 4) is 0 Å². The Morgan fingerprint density at radius 1 is 0.962 bits per heavy atom. The molecule has 0 aliphatic carbocycles. The van der Waals surface area contributed by atoms with Gasteiger partial charge in [-0.3, -0.25) is 4.79 Å². The molecular weight excluding hydrogens is 430 g/mol. The van der Waals surface area contributed by atoms with Crippen LogP contribution in [0.25, 0.3) is 0 Å². The average molecular weight is 434 g/mol. The molecule has 0 aliphatic heterocycles. The molecule has 0 saturated carbocycles. The number of halogens is 8. The minimum Gasteiger partial charge on any atom is -0.396 e. The van der Waals surface area contributed by atoms with Crippen molar-refractivity contribution in [3.63, 3.8) is 0 Å². The number of hydrogen-bond donors (Lipinski definition) is 2. The molecule has 1 amide bonds. The van der Waals surface area contributed by atoms with Gasteiger partial charge in [-0.25, -0.2) is 32.4 Å². The molecule has 26 heavy (non-hydrogen) atoms. The molecule has 5 nitrogen and oxygen atoms in total. The van der Waals surface area contributed by atoms with E-state index < -0.39 is 46.3 Å². The lowest BCUT2D eigenvalue weighted by atomic mass is 10.2. The fourth-order valence-electron chi connectivity index (χ4n) is 1.63. The molecule has 0 unspecified atom stereocenters. The van der Waals surface area contributed by atoms with Crippen LogP contribution in [0.3, 0.4) is 0 Å². The predicted octanol–water partition coefficient (Wildman–Crippen LogP) is 4.08. The molecule has 2 rings (SSSR count). The van der Waals surface area contributed by atoms with Crippen LogP contribution in [0.1, 0.15) is 16.1 Å². The zero-order valence-electron chi connectivity index (χ0n) is 12.0. The molecular formula is C13H4Cl3F5N4O. The van der Waals surface area contributed by atoms with Crippen LogP contribution in [0.4, 0.5) is 27.6 Å². The Hall–Kier alpha value is -2.17. The molecule has 0 fully saturated rings. The van der Waals surface area contributed by atoms with Crippen molar-refractivity contribution in [2.24, 2.45) is 5.10 Å². The standard InChI is InChI=1S/C13H4Cl3F5N4O/c14-3-10(22)4(15)12(16)24-11(3)13(26)25-23-1-2-5(17)7(19)9(21)8(20)6(2)18/h1H,(H2,22,24)(H,25,26). The Morgan fingerprint density at radius 2 is 1.46 bits per heavy atom. The molecule has 0 aliphatic rings. The number of rotatable bonds is 3. The van der Waals surface area contributed by atoms with Crippen LogP contribution in [0.15, 0.2) is 5.10 Å². The minimum absolute atomic E-state index is 0.210. The molecule has 1 heterocycles. The molecule has 2 aromatic rings. The van der Waals surface area contributed by atoms with E-state index in [4.69, 9.17) is 40.5 Å². The van der Waals surface area contributed by atoms with Crippen molar-refractivity contribution in [2.45, 2.75) is 0 Å². The molecule has 0 atom stereocenters. The molecule has 0 bridgehead atoms. The number of aromatic nitrogens is 1. The van der Waals surface area contributed by atoms with Crippen LogP contribution in [-0.2, 0) is 0 Å². The SMILES string of the molecule is Nc1c(Cl)c(Cl)nc(C(=O)NN=Cc2c(F)c(F)c(F)c(F)c2F)c1Cl. The molecule has 1 aromatic carbocycles. The summed E-state index contributed by atoms with van der Waals surface area (Å²) in [6.07, 6.45) is 0.211. The van der Waals surface area contributed by atoms with Gasteiger partial charge in [0.15, 0.2) is 34.1 Å². The number of nitrogen functional groups attached to an aromatic ring is 1. The highest BCUT2D eigenvalue weighted by atomic mass is 35.5. The number of carbonyl (C=O) groups is 1. The van der Waals surface area contributed by atoms with Crippen LogP contribution >= 0.6 is 34.8 Å². The summed E-state index contributed by atoms with van der Waals surface area (Å²) in [4.78, 5) is 15.5. The van der Waals surface area contributed by atoms with Gasteiger partial charge in [-0.05, 0) is 0 Å². The van der Waals surface area contributed by atoms with Crippen molar-refractivity contribution in [1.82, 2.24) is 10.4 Å². The van der Waals surface area contributed by atoms with Crippen molar-refractivity contribution >= 4 is 52.6 Å². The van der Waals surface area contributed by atoms with Gasteiger partial charge in [0.2, 0.25) is 5.82 Å². The number of pyridine rings is 1. The van der Waals surface area contributed by atoms with Crippen molar-refractivity contribution in [2.75, 3.05) is 5.73 Å². The third kappa shape index (κ3) is 3.53. The second-order valence-electron chi connectivity index (χ2n) is 4.48. The Morgan fingerprint density at radius 3 is 2.00 bits per heavy atom. The van der Waals surface area contributed by atoms with Crippen molar-refractivity contribution in [3.05, 3.63) is 55.5 Å². The van der Waals surface area contributed by atoms with Crippen molar-refractivity contribution < 1.29 is 26.7 Å². The topological polar surface area (TPSA) is 80.4 Å². The van der Waals surface area contributed by atoms with Crippen LogP contribution in [0, 0.1) is 29.1 Å². The minimum atomic E-state index is -2.33. The maximum absolute atomic E-state index is 13.5. The van der Waals surface area contributed by atoms with Crippen LogP contribution in [0.2, 0.25) is 15.2 Å². The smallest absolute Gasteiger partial charge is 0.291 e. The van der Waals surface area contributed by atoms with Crippen LogP contribution in [-0.4, -0.2) is 17.1 Å². The molecule has 138 valence electrons. The Kier molecular flexibility index (Phi) is 5.89. The Bertz CT molecular complexity index is 925. The van der Waals surface area contributed by atoms with Gasteiger partial charge in [0, 0.05) is 0 Å². The second-order valence-corrected chi connectivity index (χ2v) is 5.59. The summed E-state index contributed by atoms with van der Waals surface area (Å²) >= 11 is 17.1. The van der Waals surface area contributed by atoms with Crippen molar-refractivity contribution in [1.29, 1.82) is 0 Å². The van der Waals surface area contributed by atoms with Crippen LogP contribution in [0.5, 0.6) is 0 Å². The number of carbonyl (C=O) groups excluding carboxylic acids is 1. The maximum Gasteiger partial charge on any atom is 0.291 e. The lowest BCUT2D eigenvalue weighted by Gasteiger charge is -2.08. The van der Waals surface area contributed by atoms with Gasteiger partial charge in [-0.15, -0.1) is 0 Å². The molecule has 3 N–H and O–H groups in total. The first-order valence-corrected chi connectivity index (χ1v) is 7.36. The van der Waals surface area contributed by atoms with E-state index in [1.807, 2.05) is 0 Å².